The Morgan fingerprint density at radius 2 is 2.33 bits per heavy atom. The van der Waals surface area contributed by atoms with E-state index in [1.165, 1.54) is 0 Å². The number of hydrogen-bond donors (Lipinski definition) is 1. The zero-order chi connectivity index (χ0) is 11.3. The third-order valence-corrected chi connectivity index (χ3v) is 2.77. The number of amides is 1. The van der Waals surface area contributed by atoms with Gasteiger partial charge in [0.05, 0.1) is 6.04 Å². The van der Waals surface area contributed by atoms with Crippen LogP contribution in [-0.2, 0) is 9.53 Å². The number of carbonyl (C=O) groups is 1. The molecule has 1 saturated heterocycles. The minimum absolute atomic E-state index is 0.00120. The fourth-order valence-electron chi connectivity index (χ4n) is 1.89. The molecule has 1 fully saturated rings. The molecule has 1 atom stereocenters. The number of ether oxygens (including phenoxy) is 1. The molecule has 0 aromatic carbocycles. The molecule has 1 N–H and O–H groups in total. The molecule has 1 unspecified atom stereocenters. The number of hydrogen-bond acceptors (Lipinski definition) is 3. The van der Waals surface area contributed by atoms with Crippen LogP contribution in [0.1, 0.15) is 20.3 Å². The predicted octanol–water partition coefficient (Wildman–Crippen LogP) is 0.479. The van der Waals surface area contributed by atoms with E-state index in [1.54, 1.807) is 7.11 Å². The molecule has 0 aliphatic carbocycles. The SMILES string of the molecule is COCCCN1CCNC(C(C)C)C1=O. The van der Waals surface area contributed by atoms with E-state index in [0.29, 0.717) is 5.92 Å². The van der Waals surface area contributed by atoms with Gasteiger partial charge in [-0.25, -0.2) is 0 Å². The van der Waals surface area contributed by atoms with Gasteiger partial charge in [-0.3, -0.25) is 4.79 Å². The highest BCUT2D eigenvalue weighted by molar-refractivity contribution is 5.82. The highest BCUT2D eigenvalue weighted by Crippen LogP contribution is 2.10. The second kappa shape index (κ2) is 6.08. The van der Waals surface area contributed by atoms with Crippen LogP contribution in [0.3, 0.4) is 0 Å². The standard InChI is InChI=1S/C11H22N2O2/c1-9(2)10-11(14)13(7-5-12-10)6-4-8-15-3/h9-10,12H,4-8H2,1-3H3. The van der Waals surface area contributed by atoms with Gasteiger partial charge in [0.25, 0.3) is 0 Å². The molecule has 0 saturated carbocycles. The van der Waals surface area contributed by atoms with Gasteiger partial charge in [-0.1, -0.05) is 13.8 Å². The highest BCUT2D eigenvalue weighted by atomic mass is 16.5. The van der Waals surface area contributed by atoms with E-state index in [0.717, 1.165) is 32.7 Å². The van der Waals surface area contributed by atoms with Gasteiger partial charge in [0.2, 0.25) is 5.91 Å². The van der Waals surface area contributed by atoms with E-state index < -0.39 is 0 Å². The van der Waals surface area contributed by atoms with Crippen LogP contribution >= 0.6 is 0 Å². The van der Waals surface area contributed by atoms with Crippen LogP contribution in [0.2, 0.25) is 0 Å². The molecular weight excluding hydrogens is 192 g/mol. The van der Waals surface area contributed by atoms with Gasteiger partial charge in [0.15, 0.2) is 0 Å². The highest BCUT2D eigenvalue weighted by Gasteiger charge is 2.29. The lowest BCUT2D eigenvalue weighted by molar-refractivity contribution is -0.137. The van der Waals surface area contributed by atoms with Gasteiger partial charge in [0, 0.05) is 33.4 Å². The zero-order valence-electron chi connectivity index (χ0n) is 9.95. The first-order valence-electron chi connectivity index (χ1n) is 5.68. The van der Waals surface area contributed by atoms with Gasteiger partial charge >= 0.3 is 0 Å². The summed E-state index contributed by atoms with van der Waals surface area (Å²) in [6.45, 7) is 7.43. The Kier molecular flexibility index (Phi) is 5.05. The first-order valence-corrected chi connectivity index (χ1v) is 5.68. The average molecular weight is 214 g/mol. The first kappa shape index (κ1) is 12.5. The predicted molar refractivity (Wildman–Crippen MR) is 59.7 cm³/mol. The molecule has 1 rings (SSSR count). The third-order valence-electron chi connectivity index (χ3n) is 2.77. The van der Waals surface area contributed by atoms with Crippen LogP contribution < -0.4 is 5.32 Å². The molecule has 4 nitrogen and oxygen atoms in total. The number of piperazine rings is 1. The van der Waals surface area contributed by atoms with Crippen molar-refractivity contribution in [3.8, 4) is 0 Å². The second-order valence-corrected chi connectivity index (χ2v) is 4.35. The molecule has 0 bridgehead atoms. The monoisotopic (exact) mass is 214 g/mol. The van der Waals surface area contributed by atoms with Crippen molar-refractivity contribution in [3.63, 3.8) is 0 Å². The number of rotatable bonds is 5. The van der Waals surface area contributed by atoms with Crippen LogP contribution in [0.15, 0.2) is 0 Å². The normalized spacial score (nSPS) is 22.5. The Balaban J connectivity index is 2.40. The van der Waals surface area contributed by atoms with Gasteiger partial charge in [-0.2, -0.15) is 0 Å². The Labute approximate surface area is 92.0 Å². The Hall–Kier alpha value is -0.610. The van der Waals surface area contributed by atoms with E-state index in [4.69, 9.17) is 4.74 Å². The average Bonchev–Trinajstić information content (AvgIpc) is 2.20. The van der Waals surface area contributed by atoms with Crippen LogP contribution in [0.25, 0.3) is 0 Å². The lowest BCUT2D eigenvalue weighted by Gasteiger charge is -2.35. The van der Waals surface area contributed by atoms with Gasteiger partial charge in [-0.15, -0.1) is 0 Å². The summed E-state index contributed by atoms with van der Waals surface area (Å²) >= 11 is 0. The van der Waals surface area contributed by atoms with E-state index in [2.05, 4.69) is 19.2 Å². The lowest BCUT2D eigenvalue weighted by Crippen LogP contribution is -2.57. The summed E-state index contributed by atoms with van der Waals surface area (Å²) in [5, 5.41) is 3.27. The Morgan fingerprint density at radius 3 is 2.93 bits per heavy atom. The van der Waals surface area contributed by atoms with Crippen LogP contribution in [-0.4, -0.2) is 50.2 Å². The van der Waals surface area contributed by atoms with Gasteiger partial charge in [0.1, 0.15) is 0 Å². The summed E-state index contributed by atoms with van der Waals surface area (Å²) in [6, 6.07) is 0.00120. The van der Waals surface area contributed by atoms with Crippen molar-refractivity contribution < 1.29 is 9.53 Å². The number of methoxy groups -OCH3 is 1. The van der Waals surface area contributed by atoms with Gasteiger partial charge < -0.3 is 15.0 Å². The van der Waals surface area contributed by atoms with Crippen molar-refractivity contribution in [1.82, 2.24) is 10.2 Å². The molecule has 0 spiro atoms. The van der Waals surface area contributed by atoms with Crippen molar-refractivity contribution in [2.24, 2.45) is 5.92 Å². The lowest BCUT2D eigenvalue weighted by atomic mass is 10.0. The van der Waals surface area contributed by atoms with E-state index in [1.807, 2.05) is 4.90 Å². The van der Waals surface area contributed by atoms with E-state index >= 15 is 0 Å². The Bertz CT molecular complexity index is 207. The first-order chi connectivity index (χ1) is 7.16. The number of carbonyl (C=O) groups excluding carboxylic acids is 1. The van der Waals surface area contributed by atoms with Crippen molar-refractivity contribution in [3.05, 3.63) is 0 Å². The fourth-order valence-corrected chi connectivity index (χ4v) is 1.89. The zero-order valence-corrected chi connectivity index (χ0v) is 9.95. The molecule has 0 aromatic heterocycles. The number of nitrogens with zero attached hydrogens (tertiary/aromatic N) is 1. The van der Waals surface area contributed by atoms with E-state index in [-0.39, 0.29) is 11.9 Å². The quantitative estimate of drug-likeness (QED) is 0.677. The van der Waals surface area contributed by atoms with Crippen LogP contribution in [0.4, 0.5) is 0 Å². The fraction of sp³-hybridized carbons (Fsp3) is 0.909. The van der Waals surface area contributed by atoms with Crippen molar-refractivity contribution in [1.29, 1.82) is 0 Å². The van der Waals surface area contributed by atoms with Gasteiger partial charge in [-0.05, 0) is 12.3 Å². The summed E-state index contributed by atoms with van der Waals surface area (Å²) in [7, 11) is 1.69. The summed E-state index contributed by atoms with van der Waals surface area (Å²) < 4.78 is 4.99. The number of nitrogens with one attached hydrogen (secondary N) is 1. The van der Waals surface area contributed by atoms with Crippen molar-refractivity contribution >= 4 is 5.91 Å². The molecule has 0 aromatic rings. The smallest absolute Gasteiger partial charge is 0.240 e. The van der Waals surface area contributed by atoms with E-state index in [9.17, 15) is 4.79 Å². The summed E-state index contributed by atoms with van der Waals surface area (Å²) in [5.41, 5.74) is 0. The molecule has 4 heteroatoms. The largest absolute Gasteiger partial charge is 0.385 e. The minimum Gasteiger partial charge on any atom is -0.385 e. The summed E-state index contributed by atoms with van der Waals surface area (Å²) in [6.07, 6.45) is 0.924. The van der Waals surface area contributed by atoms with Crippen molar-refractivity contribution in [2.45, 2.75) is 26.3 Å². The third kappa shape index (κ3) is 3.47. The van der Waals surface area contributed by atoms with Crippen LogP contribution in [0.5, 0.6) is 0 Å². The maximum atomic E-state index is 12.0. The van der Waals surface area contributed by atoms with Crippen molar-refractivity contribution in [2.75, 3.05) is 33.4 Å². The minimum atomic E-state index is 0.00120. The summed E-state index contributed by atoms with van der Waals surface area (Å²) in [4.78, 5) is 13.9. The second-order valence-electron chi connectivity index (χ2n) is 4.35. The maximum Gasteiger partial charge on any atom is 0.240 e. The molecule has 15 heavy (non-hydrogen) atoms. The molecule has 1 aliphatic heterocycles. The van der Waals surface area contributed by atoms with Crippen LogP contribution in [0, 0.1) is 5.92 Å². The molecule has 1 heterocycles. The molecular formula is C11H22N2O2. The Morgan fingerprint density at radius 1 is 1.60 bits per heavy atom. The molecule has 0 radical (unpaired) electrons. The maximum absolute atomic E-state index is 12.0. The molecule has 88 valence electrons. The molecule has 1 aliphatic rings. The summed E-state index contributed by atoms with van der Waals surface area (Å²) in [5.74, 6) is 0.607. The molecule has 1 amide bonds. The topological polar surface area (TPSA) is 41.6 Å².